The highest BCUT2D eigenvalue weighted by Gasteiger charge is 2.30. The van der Waals surface area contributed by atoms with Gasteiger partial charge in [-0.05, 0) is 39.5 Å². The number of hydrogen-bond acceptors (Lipinski definition) is 3. The van der Waals surface area contributed by atoms with E-state index in [2.05, 4.69) is 5.32 Å². The van der Waals surface area contributed by atoms with Crippen LogP contribution in [0.3, 0.4) is 0 Å². The lowest BCUT2D eigenvalue weighted by Gasteiger charge is -2.23. The van der Waals surface area contributed by atoms with Crippen LogP contribution in [0.15, 0.2) is 0 Å². The molecule has 0 bridgehead atoms. The molecule has 0 spiro atoms. The zero-order valence-corrected chi connectivity index (χ0v) is 11.9. The van der Waals surface area contributed by atoms with Crippen molar-refractivity contribution in [1.82, 2.24) is 5.32 Å². The van der Waals surface area contributed by atoms with Crippen LogP contribution in [0, 0.1) is 5.92 Å². The minimum atomic E-state index is -0.526. The molecule has 0 aromatic carbocycles. The van der Waals surface area contributed by atoms with E-state index in [0.29, 0.717) is 12.3 Å². The van der Waals surface area contributed by atoms with Crippen molar-refractivity contribution in [2.75, 3.05) is 0 Å². The van der Waals surface area contributed by atoms with Gasteiger partial charge in [0.05, 0.1) is 6.04 Å². The molecule has 1 amide bonds. The number of ketones is 1. The van der Waals surface area contributed by atoms with E-state index in [1.54, 1.807) is 0 Å². The van der Waals surface area contributed by atoms with Crippen LogP contribution in [0.2, 0.25) is 0 Å². The number of carbonyl (C=O) groups excluding carboxylic acids is 2. The van der Waals surface area contributed by atoms with Crippen molar-refractivity contribution in [3.05, 3.63) is 0 Å². The third-order valence-corrected chi connectivity index (χ3v) is 2.84. The summed E-state index contributed by atoms with van der Waals surface area (Å²) in [4.78, 5) is 23.6. The average molecular weight is 255 g/mol. The normalized spacial score (nSPS) is 17.1. The molecule has 1 rings (SSSR count). The molecular formula is C14H25NO3. The van der Waals surface area contributed by atoms with Gasteiger partial charge in [-0.1, -0.05) is 19.8 Å². The number of alkyl carbamates (subject to hydrolysis) is 1. The standard InChI is InChI=1S/C14H25NO3/c1-5-6-12(16)11(9-10-7-8-10)15-13(17)18-14(2,3)4/h10-11H,5-9H2,1-4H3,(H,15,17). The van der Waals surface area contributed by atoms with E-state index in [0.717, 1.165) is 12.8 Å². The van der Waals surface area contributed by atoms with E-state index in [1.807, 2.05) is 27.7 Å². The molecule has 1 aliphatic rings. The zero-order chi connectivity index (χ0) is 13.8. The SMILES string of the molecule is CCCC(=O)C(CC1CC1)NC(=O)OC(C)(C)C. The summed E-state index contributed by atoms with van der Waals surface area (Å²) in [5.41, 5.74) is -0.526. The smallest absolute Gasteiger partial charge is 0.408 e. The molecule has 1 unspecified atom stereocenters. The Kier molecular flexibility index (Phi) is 5.17. The first kappa shape index (κ1) is 15.0. The van der Waals surface area contributed by atoms with Gasteiger partial charge in [0, 0.05) is 6.42 Å². The van der Waals surface area contributed by atoms with Gasteiger partial charge < -0.3 is 10.1 Å². The molecule has 1 N–H and O–H groups in total. The van der Waals surface area contributed by atoms with Crippen LogP contribution in [0.25, 0.3) is 0 Å². The molecule has 4 nitrogen and oxygen atoms in total. The van der Waals surface area contributed by atoms with E-state index >= 15 is 0 Å². The lowest BCUT2D eigenvalue weighted by atomic mass is 10.0. The molecule has 0 radical (unpaired) electrons. The van der Waals surface area contributed by atoms with Crippen molar-refractivity contribution in [2.45, 2.75) is 71.4 Å². The van der Waals surface area contributed by atoms with Gasteiger partial charge in [0.25, 0.3) is 0 Å². The minimum Gasteiger partial charge on any atom is -0.444 e. The molecule has 1 aliphatic carbocycles. The molecule has 18 heavy (non-hydrogen) atoms. The van der Waals surface area contributed by atoms with E-state index in [4.69, 9.17) is 4.74 Å². The minimum absolute atomic E-state index is 0.121. The molecule has 1 fully saturated rings. The van der Waals surface area contributed by atoms with Crippen LogP contribution < -0.4 is 5.32 Å². The van der Waals surface area contributed by atoms with Gasteiger partial charge >= 0.3 is 6.09 Å². The van der Waals surface area contributed by atoms with Crippen molar-refractivity contribution in [1.29, 1.82) is 0 Å². The number of rotatable bonds is 6. The predicted molar refractivity (Wildman–Crippen MR) is 70.4 cm³/mol. The third kappa shape index (κ3) is 6.03. The summed E-state index contributed by atoms with van der Waals surface area (Å²) >= 11 is 0. The summed E-state index contributed by atoms with van der Waals surface area (Å²) in [5.74, 6) is 0.723. The maximum absolute atomic E-state index is 11.9. The summed E-state index contributed by atoms with van der Waals surface area (Å²) in [5, 5.41) is 2.72. The Morgan fingerprint density at radius 1 is 1.33 bits per heavy atom. The first-order chi connectivity index (χ1) is 8.31. The van der Waals surface area contributed by atoms with Crippen molar-refractivity contribution >= 4 is 11.9 Å². The summed E-state index contributed by atoms with van der Waals surface area (Å²) in [6.07, 6.45) is 3.96. The molecular weight excluding hydrogens is 230 g/mol. The van der Waals surface area contributed by atoms with Crippen LogP contribution in [-0.4, -0.2) is 23.5 Å². The average Bonchev–Trinajstić information content (AvgIpc) is 2.98. The van der Waals surface area contributed by atoms with Gasteiger partial charge in [-0.2, -0.15) is 0 Å². The fourth-order valence-electron chi connectivity index (χ4n) is 1.83. The van der Waals surface area contributed by atoms with Gasteiger partial charge in [0.15, 0.2) is 5.78 Å². The second kappa shape index (κ2) is 6.21. The fraction of sp³-hybridized carbons (Fsp3) is 0.857. The first-order valence-corrected chi connectivity index (χ1v) is 6.84. The highest BCUT2D eigenvalue weighted by molar-refractivity contribution is 5.87. The Bertz CT molecular complexity index is 303. The molecule has 0 saturated heterocycles. The van der Waals surface area contributed by atoms with Crippen molar-refractivity contribution < 1.29 is 14.3 Å². The van der Waals surface area contributed by atoms with Crippen LogP contribution >= 0.6 is 0 Å². The predicted octanol–water partition coefficient (Wildman–Crippen LogP) is 3.05. The lowest BCUT2D eigenvalue weighted by molar-refractivity contribution is -0.121. The molecule has 0 heterocycles. The first-order valence-electron chi connectivity index (χ1n) is 6.84. The Balaban J connectivity index is 2.48. The van der Waals surface area contributed by atoms with Crippen LogP contribution in [-0.2, 0) is 9.53 Å². The molecule has 1 saturated carbocycles. The lowest BCUT2D eigenvalue weighted by Crippen LogP contribution is -2.43. The Morgan fingerprint density at radius 3 is 2.39 bits per heavy atom. The van der Waals surface area contributed by atoms with E-state index in [9.17, 15) is 9.59 Å². The number of nitrogens with one attached hydrogen (secondary N) is 1. The number of amides is 1. The van der Waals surface area contributed by atoms with Crippen LogP contribution in [0.1, 0.15) is 59.8 Å². The molecule has 0 aromatic rings. The summed E-state index contributed by atoms with van der Waals surface area (Å²) < 4.78 is 5.20. The highest BCUT2D eigenvalue weighted by atomic mass is 16.6. The van der Waals surface area contributed by atoms with Crippen LogP contribution in [0.5, 0.6) is 0 Å². The van der Waals surface area contributed by atoms with E-state index < -0.39 is 11.7 Å². The Hall–Kier alpha value is -1.06. The van der Waals surface area contributed by atoms with Crippen molar-refractivity contribution in [3.8, 4) is 0 Å². The summed E-state index contributed by atoms with van der Waals surface area (Å²) in [6.45, 7) is 7.42. The number of ether oxygens (including phenoxy) is 1. The van der Waals surface area contributed by atoms with Crippen LogP contribution in [0.4, 0.5) is 4.79 Å². The quantitative estimate of drug-likeness (QED) is 0.793. The topological polar surface area (TPSA) is 55.4 Å². The Morgan fingerprint density at radius 2 is 1.94 bits per heavy atom. The van der Waals surface area contributed by atoms with Gasteiger partial charge in [0.2, 0.25) is 0 Å². The van der Waals surface area contributed by atoms with Gasteiger partial charge in [-0.25, -0.2) is 4.79 Å². The summed E-state index contributed by atoms with van der Waals surface area (Å²) in [7, 11) is 0. The monoisotopic (exact) mass is 255 g/mol. The van der Waals surface area contributed by atoms with Gasteiger partial charge in [0.1, 0.15) is 5.60 Å². The number of carbonyl (C=O) groups is 2. The molecule has 1 atom stereocenters. The maximum Gasteiger partial charge on any atom is 0.408 e. The Labute approximate surface area is 109 Å². The number of hydrogen-bond donors (Lipinski definition) is 1. The van der Waals surface area contributed by atoms with E-state index in [-0.39, 0.29) is 11.8 Å². The second-order valence-corrected chi connectivity index (χ2v) is 6.09. The highest BCUT2D eigenvalue weighted by Crippen LogP contribution is 2.34. The molecule has 0 aromatic heterocycles. The molecule has 104 valence electrons. The maximum atomic E-state index is 11.9. The molecule has 4 heteroatoms. The third-order valence-electron chi connectivity index (χ3n) is 2.84. The van der Waals surface area contributed by atoms with E-state index in [1.165, 1.54) is 12.8 Å². The van der Waals surface area contributed by atoms with Crippen molar-refractivity contribution in [3.63, 3.8) is 0 Å². The van der Waals surface area contributed by atoms with Crippen molar-refractivity contribution in [2.24, 2.45) is 5.92 Å². The zero-order valence-electron chi connectivity index (χ0n) is 11.9. The second-order valence-electron chi connectivity index (χ2n) is 6.09. The number of Topliss-reactive ketones (excluding diaryl/α,β-unsaturated/α-hetero) is 1. The largest absolute Gasteiger partial charge is 0.444 e. The summed E-state index contributed by atoms with van der Waals surface area (Å²) in [6, 6.07) is -0.368. The molecule has 0 aliphatic heterocycles. The fourth-order valence-corrected chi connectivity index (χ4v) is 1.83. The van der Waals surface area contributed by atoms with Gasteiger partial charge in [-0.15, -0.1) is 0 Å². The van der Waals surface area contributed by atoms with Gasteiger partial charge in [-0.3, -0.25) is 4.79 Å².